The van der Waals surface area contributed by atoms with Gasteiger partial charge in [-0.15, -0.1) is 0 Å². The van der Waals surface area contributed by atoms with Crippen molar-refractivity contribution < 1.29 is 14.3 Å². The van der Waals surface area contributed by atoms with Gasteiger partial charge in [-0.3, -0.25) is 4.79 Å². The van der Waals surface area contributed by atoms with Crippen LogP contribution in [0.15, 0.2) is 24.3 Å². The number of ether oxygens (including phenoxy) is 1. The van der Waals surface area contributed by atoms with Crippen molar-refractivity contribution in [2.75, 3.05) is 13.1 Å². The van der Waals surface area contributed by atoms with E-state index in [2.05, 4.69) is 10.6 Å². The molecular formula is C17H26ClN3O3. The number of halogens is 1. The lowest BCUT2D eigenvalue weighted by atomic mass is 10.1. The van der Waals surface area contributed by atoms with E-state index in [0.29, 0.717) is 24.4 Å². The fraction of sp³-hybridized carbons (Fsp3) is 0.529. The molecule has 0 bridgehead atoms. The van der Waals surface area contributed by atoms with Crippen molar-refractivity contribution in [1.29, 1.82) is 0 Å². The first kappa shape index (κ1) is 20.3. The Morgan fingerprint density at radius 1 is 1.25 bits per heavy atom. The van der Waals surface area contributed by atoms with E-state index in [1.165, 1.54) is 0 Å². The summed E-state index contributed by atoms with van der Waals surface area (Å²) in [7, 11) is 0. The fourth-order valence-corrected chi connectivity index (χ4v) is 2.14. The maximum Gasteiger partial charge on any atom is 0.407 e. The second-order valence-electron chi connectivity index (χ2n) is 6.49. The second kappa shape index (κ2) is 9.49. The lowest BCUT2D eigenvalue weighted by molar-refractivity contribution is -0.122. The maximum absolute atomic E-state index is 11.9. The Hall–Kier alpha value is -1.79. The molecule has 0 heterocycles. The number of benzene rings is 1. The summed E-state index contributed by atoms with van der Waals surface area (Å²) in [5, 5.41) is 6.02. The molecular weight excluding hydrogens is 330 g/mol. The van der Waals surface area contributed by atoms with Gasteiger partial charge in [-0.25, -0.2) is 4.79 Å². The van der Waals surface area contributed by atoms with Crippen LogP contribution in [-0.2, 0) is 16.0 Å². The number of carbonyl (C=O) groups is 2. The summed E-state index contributed by atoms with van der Waals surface area (Å²) in [5.74, 6) is -0.247. The Labute approximate surface area is 148 Å². The Morgan fingerprint density at radius 2 is 1.96 bits per heavy atom. The number of alkyl carbamates (subject to hydrolysis) is 1. The zero-order valence-electron chi connectivity index (χ0n) is 14.4. The molecule has 1 unspecified atom stereocenters. The molecule has 0 aliphatic heterocycles. The summed E-state index contributed by atoms with van der Waals surface area (Å²) >= 11 is 5.91. The molecule has 4 N–H and O–H groups in total. The summed E-state index contributed by atoms with van der Waals surface area (Å²) in [4.78, 5) is 23.4. The molecule has 1 aromatic rings. The molecule has 0 radical (unpaired) electrons. The van der Waals surface area contributed by atoms with Crippen LogP contribution in [0.3, 0.4) is 0 Å². The molecule has 7 heteroatoms. The Kier molecular flexibility index (Phi) is 8.01. The van der Waals surface area contributed by atoms with Crippen molar-refractivity contribution in [2.45, 2.75) is 45.3 Å². The van der Waals surface area contributed by atoms with Gasteiger partial charge in [0.25, 0.3) is 0 Å². The molecule has 24 heavy (non-hydrogen) atoms. The SMILES string of the molecule is CC(C)(C)OC(=O)NCCC(N)C(=O)NCCc1cccc(Cl)c1. The predicted molar refractivity (Wildman–Crippen MR) is 95.0 cm³/mol. The molecule has 0 fully saturated rings. The van der Waals surface area contributed by atoms with E-state index < -0.39 is 17.7 Å². The molecule has 6 nitrogen and oxygen atoms in total. The van der Waals surface area contributed by atoms with Gasteiger partial charge in [0.2, 0.25) is 5.91 Å². The standard InChI is InChI=1S/C17H26ClN3O3/c1-17(2,3)24-16(23)21-10-8-14(19)15(22)20-9-7-12-5-4-6-13(18)11-12/h4-6,11,14H,7-10,19H2,1-3H3,(H,20,22)(H,21,23). The van der Waals surface area contributed by atoms with Crippen LogP contribution in [0.1, 0.15) is 32.8 Å². The van der Waals surface area contributed by atoms with Crippen LogP contribution in [0.5, 0.6) is 0 Å². The number of rotatable bonds is 7. The molecule has 1 atom stereocenters. The van der Waals surface area contributed by atoms with Crippen LogP contribution in [0.2, 0.25) is 5.02 Å². The normalized spacial score (nSPS) is 12.4. The van der Waals surface area contributed by atoms with E-state index in [-0.39, 0.29) is 12.5 Å². The molecule has 1 aromatic carbocycles. The quantitative estimate of drug-likeness (QED) is 0.699. The smallest absolute Gasteiger partial charge is 0.407 e. The number of amides is 2. The largest absolute Gasteiger partial charge is 0.444 e. The van der Waals surface area contributed by atoms with E-state index in [1.807, 2.05) is 18.2 Å². The van der Waals surface area contributed by atoms with Crippen LogP contribution < -0.4 is 16.4 Å². The lowest BCUT2D eigenvalue weighted by Gasteiger charge is -2.20. The molecule has 0 aromatic heterocycles. The van der Waals surface area contributed by atoms with E-state index in [9.17, 15) is 9.59 Å². The highest BCUT2D eigenvalue weighted by Crippen LogP contribution is 2.10. The lowest BCUT2D eigenvalue weighted by Crippen LogP contribution is -2.43. The van der Waals surface area contributed by atoms with Gasteiger partial charge in [-0.05, 0) is 51.3 Å². The number of nitrogens with one attached hydrogen (secondary N) is 2. The fourth-order valence-electron chi connectivity index (χ4n) is 1.93. The minimum Gasteiger partial charge on any atom is -0.444 e. The van der Waals surface area contributed by atoms with Gasteiger partial charge in [0, 0.05) is 18.1 Å². The molecule has 0 aliphatic carbocycles. The highest BCUT2D eigenvalue weighted by atomic mass is 35.5. The molecule has 0 saturated carbocycles. The van der Waals surface area contributed by atoms with E-state index >= 15 is 0 Å². The Bertz CT molecular complexity index is 558. The first-order valence-corrected chi connectivity index (χ1v) is 8.30. The van der Waals surface area contributed by atoms with Gasteiger partial charge in [0.05, 0.1) is 6.04 Å². The molecule has 134 valence electrons. The molecule has 2 amide bonds. The summed E-state index contributed by atoms with van der Waals surface area (Å²) in [6.45, 7) is 6.10. The minimum absolute atomic E-state index is 0.247. The summed E-state index contributed by atoms with van der Waals surface area (Å²) in [6, 6.07) is 6.80. The number of nitrogens with two attached hydrogens (primary N) is 1. The van der Waals surface area contributed by atoms with Gasteiger partial charge in [-0.2, -0.15) is 0 Å². The zero-order valence-corrected chi connectivity index (χ0v) is 15.2. The predicted octanol–water partition coefficient (Wildman–Crippen LogP) is 2.24. The highest BCUT2D eigenvalue weighted by Gasteiger charge is 2.17. The average Bonchev–Trinajstić information content (AvgIpc) is 2.45. The van der Waals surface area contributed by atoms with Gasteiger partial charge in [0.15, 0.2) is 0 Å². The molecule has 0 aliphatic rings. The van der Waals surface area contributed by atoms with Gasteiger partial charge >= 0.3 is 6.09 Å². The van der Waals surface area contributed by atoms with Gasteiger partial charge < -0.3 is 21.1 Å². The van der Waals surface area contributed by atoms with Crippen LogP contribution in [0.4, 0.5) is 4.79 Å². The number of carbonyl (C=O) groups excluding carboxylic acids is 2. The molecule has 1 rings (SSSR count). The van der Waals surface area contributed by atoms with Crippen molar-refractivity contribution in [3.05, 3.63) is 34.9 Å². The van der Waals surface area contributed by atoms with Crippen molar-refractivity contribution in [3.8, 4) is 0 Å². The van der Waals surface area contributed by atoms with Crippen LogP contribution in [0, 0.1) is 0 Å². The van der Waals surface area contributed by atoms with E-state index in [4.69, 9.17) is 22.1 Å². The van der Waals surface area contributed by atoms with E-state index in [0.717, 1.165) is 5.56 Å². The number of hydrogen-bond donors (Lipinski definition) is 3. The maximum atomic E-state index is 11.9. The van der Waals surface area contributed by atoms with Crippen LogP contribution >= 0.6 is 11.6 Å². The van der Waals surface area contributed by atoms with Crippen LogP contribution in [0.25, 0.3) is 0 Å². The third-order valence-electron chi connectivity index (χ3n) is 3.06. The summed E-state index contributed by atoms with van der Waals surface area (Å²) in [5.41, 5.74) is 6.30. The topological polar surface area (TPSA) is 93.4 Å². The molecule has 0 spiro atoms. The van der Waals surface area contributed by atoms with Crippen molar-refractivity contribution >= 4 is 23.6 Å². The first-order valence-electron chi connectivity index (χ1n) is 7.92. The van der Waals surface area contributed by atoms with Crippen molar-refractivity contribution in [1.82, 2.24) is 10.6 Å². The summed E-state index contributed by atoms with van der Waals surface area (Å²) < 4.78 is 5.10. The monoisotopic (exact) mass is 355 g/mol. The van der Waals surface area contributed by atoms with Crippen molar-refractivity contribution in [3.63, 3.8) is 0 Å². The molecule has 0 saturated heterocycles. The Morgan fingerprint density at radius 3 is 2.58 bits per heavy atom. The van der Waals surface area contributed by atoms with E-state index in [1.54, 1.807) is 26.8 Å². The second-order valence-corrected chi connectivity index (χ2v) is 6.93. The third kappa shape index (κ3) is 8.74. The van der Waals surface area contributed by atoms with Crippen LogP contribution in [-0.4, -0.2) is 36.7 Å². The minimum atomic E-state index is -0.681. The van der Waals surface area contributed by atoms with Gasteiger partial charge in [0.1, 0.15) is 5.60 Å². The number of hydrogen-bond acceptors (Lipinski definition) is 4. The van der Waals surface area contributed by atoms with Gasteiger partial charge in [-0.1, -0.05) is 23.7 Å². The summed E-state index contributed by atoms with van der Waals surface area (Å²) in [6.07, 6.45) is 0.494. The average molecular weight is 356 g/mol. The first-order chi connectivity index (χ1) is 11.2. The van der Waals surface area contributed by atoms with Crippen molar-refractivity contribution in [2.24, 2.45) is 5.73 Å². The Balaban J connectivity index is 2.21. The zero-order chi connectivity index (χ0) is 18.2. The highest BCUT2D eigenvalue weighted by molar-refractivity contribution is 6.30. The third-order valence-corrected chi connectivity index (χ3v) is 3.30.